The molecule has 0 N–H and O–H groups in total. The largest absolute Gasteiger partial charge is 0.337 e. The normalized spacial score (nSPS) is 15.1. The molecule has 1 aliphatic heterocycles. The van der Waals surface area contributed by atoms with E-state index >= 15 is 0 Å². The van der Waals surface area contributed by atoms with Crippen molar-refractivity contribution in [3.63, 3.8) is 0 Å². The van der Waals surface area contributed by atoms with Crippen molar-refractivity contribution < 1.29 is 4.79 Å². The van der Waals surface area contributed by atoms with Crippen molar-refractivity contribution in [2.75, 3.05) is 13.1 Å². The van der Waals surface area contributed by atoms with E-state index in [1.54, 1.807) is 29.2 Å². The van der Waals surface area contributed by atoms with E-state index in [1.165, 1.54) is 0 Å². The maximum atomic E-state index is 13.2. The summed E-state index contributed by atoms with van der Waals surface area (Å²) in [5.74, 6) is 0.567. The number of halogens is 1. The summed E-state index contributed by atoms with van der Waals surface area (Å²) in [5.41, 5.74) is 2.59. The fourth-order valence-electron chi connectivity index (χ4n) is 3.31. The number of rotatable bonds is 3. The highest BCUT2D eigenvalue weighted by Crippen LogP contribution is 2.27. The highest BCUT2D eigenvalue weighted by atomic mass is 35.5. The second kappa shape index (κ2) is 7.48. The van der Waals surface area contributed by atoms with Gasteiger partial charge in [-0.2, -0.15) is 0 Å². The molecule has 7 heteroatoms. The lowest BCUT2D eigenvalue weighted by Gasteiger charge is -2.29. The lowest BCUT2D eigenvalue weighted by molar-refractivity contribution is 0.0692. The van der Waals surface area contributed by atoms with Crippen LogP contribution in [-0.4, -0.2) is 43.9 Å². The monoisotopic (exact) mass is 381 g/mol. The van der Waals surface area contributed by atoms with Gasteiger partial charge in [-0.3, -0.25) is 9.78 Å². The van der Waals surface area contributed by atoms with Gasteiger partial charge in [0, 0.05) is 36.1 Å². The summed E-state index contributed by atoms with van der Waals surface area (Å²) >= 11 is 6.01. The number of carbonyl (C=O) groups excluding carboxylic acids is 1. The molecule has 1 amide bonds. The Balaban J connectivity index is 1.78. The first-order chi connectivity index (χ1) is 13.1. The van der Waals surface area contributed by atoms with E-state index in [0.717, 1.165) is 37.2 Å². The highest BCUT2D eigenvalue weighted by molar-refractivity contribution is 6.30. The number of hydrogen-bond acceptors (Lipinski definition) is 4. The third-order valence-corrected chi connectivity index (χ3v) is 5.20. The molecule has 0 aliphatic carbocycles. The van der Waals surface area contributed by atoms with Gasteiger partial charge in [-0.15, -0.1) is 5.10 Å². The quantitative estimate of drug-likeness (QED) is 0.691. The van der Waals surface area contributed by atoms with Gasteiger partial charge in [0.1, 0.15) is 5.69 Å². The molecule has 2 aromatic heterocycles. The van der Waals surface area contributed by atoms with Crippen LogP contribution in [0.25, 0.3) is 16.9 Å². The van der Waals surface area contributed by atoms with E-state index < -0.39 is 0 Å². The Morgan fingerprint density at radius 1 is 1.15 bits per heavy atom. The van der Waals surface area contributed by atoms with Gasteiger partial charge in [0.2, 0.25) is 0 Å². The Morgan fingerprint density at radius 3 is 2.56 bits per heavy atom. The number of pyridine rings is 1. The molecular weight excluding hydrogens is 362 g/mol. The van der Waals surface area contributed by atoms with Crippen LogP contribution in [0.5, 0.6) is 0 Å². The Kier molecular flexibility index (Phi) is 4.90. The number of hydrogen-bond donors (Lipinski definition) is 0. The van der Waals surface area contributed by atoms with Crippen LogP contribution in [0.15, 0.2) is 48.8 Å². The van der Waals surface area contributed by atoms with Gasteiger partial charge in [-0.05, 0) is 55.2 Å². The van der Waals surface area contributed by atoms with Crippen LogP contribution < -0.4 is 0 Å². The van der Waals surface area contributed by atoms with Crippen molar-refractivity contribution in [3.05, 3.63) is 59.5 Å². The van der Waals surface area contributed by atoms with E-state index in [4.69, 9.17) is 11.6 Å². The van der Waals surface area contributed by atoms with Crippen molar-refractivity contribution >= 4 is 17.5 Å². The number of carbonyl (C=O) groups is 1. The Hall–Kier alpha value is -2.73. The molecule has 0 spiro atoms. The predicted octanol–water partition coefficient (Wildman–Crippen LogP) is 3.85. The zero-order chi connectivity index (χ0) is 18.8. The number of benzene rings is 1. The minimum Gasteiger partial charge on any atom is -0.337 e. The first-order valence-corrected chi connectivity index (χ1v) is 9.42. The summed E-state index contributed by atoms with van der Waals surface area (Å²) in [6.45, 7) is 3.72. The molecule has 1 aliphatic rings. The molecule has 0 radical (unpaired) electrons. The summed E-state index contributed by atoms with van der Waals surface area (Å²) < 4.78 is 1.67. The molecule has 1 saturated heterocycles. The van der Waals surface area contributed by atoms with Crippen LogP contribution in [-0.2, 0) is 0 Å². The van der Waals surface area contributed by atoms with Gasteiger partial charge in [0.25, 0.3) is 5.91 Å². The molecule has 0 saturated carbocycles. The third-order valence-electron chi connectivity index (χ3n) is 4.95. The molecule has 1 fully saturated rings. The molecule has 0 unspecified atom stereocenters. The summed E-state index contributed by atoms with van der Waals surface area (Å²) in [6, 6.07) is 11.0. The summed E-state index contributed by atoms with van der Waals surface area (Å²) in [6.07, 6.45) is 5.45. The number of likely N-dealkylation sites (tertiary alicyclic amines) is 1. The smallest absolute Gasteiger partial charge is 0.276 e. The van der Waals surface area contributed by atoms with Crippen LogP contribution in [0.1, 0.15) is 30.3 Å². The molecule has 4 rings (SSSR count). The molecule has 138 valence electrons. The number of piperidine rings is 1. The fourth-order valence-corrected chi connectivity index (χ4v) is 3.44. The van der Waals surface area contributed by atoms with Crippen LogP contribution in [0.4, 0.5) is 0 Å². The van der Waals surface area contributed by atoms with E-state index in [2.05, 4.69) is 22.2 Å². The van der Waals surface area contributed by atoms with Crippen LogP contribution in [0, 0.1) is 5.92 Å². The average molecular weight is 382 g/mol. The topological polar surface area (TPSA) is 63.9 Å². The molecule has 3 aromatic rings. The SMILES string of the molecule is CC1CCN(C(=O)c2nnn(-c3ccc(Cl)cc3)c2-c2cccnc2)CC1. The van der Waals surface area contributed by atoms with Gasteiger partial charge in [0.05, 0.1) is 5.69 Å². The van der Waals surface area contributed by atoms with Crippen molar-refractivity contribution in [1.29, 1.82) is 0 Å². The molecule has 6 nitrogen and oxygen atoms in total. The average Bonchev–Trinajstić information content (AvgIpc) is 3.14. The van der Waals surface area contributed by atoms with Crippen molar-refractivity contribution in [2.45, 2.75) is 19.8 Å². The Labute approximate surface area is 162 Å². The second-order valence-electron chi connectivity index (χ2n) is 6.89. The molecule has 1 aromatic carbocycles. The Bertz CT molecular complexity index is 931. The zero-order valence-corrected chi connectivity index (χ0v) is 15.8. The lowest BCUT2D eigenvalue weighted by atomic mass is 9.99. The summed E-state index contributed by atoms with van der Waals surface area (Å²) in [5, 5.41) is 9.16. The lowest BCUT2D eigenvalue weighted by Crippen LogP contribution is -2.38. The highest BCUT2D eigenvalue weighted by Gasteiger charge is 2.28. The Morgan fingerprint density at radius 2 is 1.89 bits per heavy atom. The van der Waals surface area contributed by atoms with Crippen LogP contribution in [0.3, 0.4) is 0 Å². The minimum absolute atomic E-state index is 0.0824. The number of amides is 1. The van der Waals surface area contributed by atoms with Gasteiger partial charge >= 0.3 is 0 Å². The van der Waals surface area contributed by atoms with Crippen molar-refractivity contribution in [2.24, 2.45) is 5.92 Å². The summed E-state index contributed by atoms with van der Waals surface area (Å²) in [4.78, 5) is 19.2. The number of aromatic nitrogens is 4. The summed E-state index contributed by atoms with van der Waals surface area (Å²) in [7, 11) is 0. The van der Waals surface area contributed by atoms with E-state index in [-0.39, 0.29) is 5.91 Å². The van der Waals surface area contributed by atoms with E-state index in [9.17, 15) is 4.79 Å². The predicted molar refractivity (Wildman–Crippen MR) is 104 cm³/mol. The molecule has 27 heavy (non-hydrogen) atoms. The van der Waals surface area contributed by atoms with Crippen molar-refractivity contribution in [1.82, 2.24) is 24.9 Å². The van der Waals surface area contributed by atoms with Gasteiger partial charge in [0.15, 0.2) is 5.69 Å². The van der Waals surface area contributed by atoms with Crippen molar-refractivity contribution in [3.8, 4) is 16.9 Å². The second-order valence-corrected chi connectivity index (χ2v) is 7.33. The molecule has 0 bridgehead atoms. The molecule has 3 heterocycles. The van der Waals surface area contributed by atoms with E-state index in [0.29, 0.717) is 22.3 Å². The van der Waals surface area contributed by atoms with Gasteiger partial charge in [-0.1, -0.05) is 23.7 Å². The zero-order valence-electron chi connectivity index (χ0n) is 15.0. The van der Waals surface area contributed by atoms with Crippen LogP contribution in [0.2, 0.25) is 5.02 Å². The van der Waals surface area contributed by atoms with Crippen LogP contribution >= 0.6 is 11.6 Å². The number of nitrogens with zero attached hydrogens (tertiary/aromatic N) is 5. The minimum atomic E-state index is -0.0824. The van der Waals surface area contributed by atoms with E-state index in [1.807, 2.05) is 29.2 Å². The molecular formula is C20H20ClN5O. The third kappa shape index (κ3) is 3.57. The standard InChI is InChI=1S/C20H20ClN5O/c1-14-8-11-25(12-9-14)20(27)18-19(15-3-2-10-22-13-15)26(24-23-18)17-6-4-16(21)5-7-17/h2-7,10,13-14H,8-9,11-12H2,1H3. The maximum Gasteiger partial charge on any atom is 0.276 e. The van der Waals surface area contributed by atoms with Gasteiger partial charge < -0.3 is 4.90 Å². The maximum absolute atomic E-state index is 13.2. The molecule has 0 atom stereocenters. The van der Waals surface area contributed by atoms with Gasteiger partial charge in [-0.25, -0.2) is 4.68 Å². The first-order valence-electron chi connectivity index (χ1n) is 9.05. The fraction of sp³-hybridized carbons (Fsp3) is 0.300. The first kappa shape index (κ1) is 17.7.